The Morgan fingerprint density at radius 3 is 3.25 bits per heavy atom. The molecule has 0 atom stereocenters. The number of ether oxygens (including phenoxy) is 1. The first-order valence-electron chi connectivity index (χ1n) is 4.00. The van der Waals surface area contributed by atoms with Crippen LogP contribution in [0.2, 0.25) is 0 Å². The lowest BCUT2D eigenvalue weighted by Crippen LogP contribution is -2.15. The van der Waals surface area contributed by atoms with Gasteiger partial charge in [0.05, 0.1) is 12.7 Å². The van der Waals surface area contributed by atoms with E-state index in [1.165, 1.54) is 6.39 Å². The Morgan fingerprint density at radius 2 is 2.58 bits per heavy atom. The van der Waals surface area contributed by atoms with Crippen LogP contribution < -0.4 is 5.32 Å². The molecule has 1 rings (SSSR count). The van der Waals surface area contributed by atoms with Crippen molar-refractivity contribution in [2.75, 3.05) is 20.3 Å². The fourth-order valence-corrected chi connectivity index (χ4v) is 0.883. The molecule has 0 spiro atoms. The molecule has 1 aromatic rings. The summed E-state index contributed by atoms with van der Waals surface area (Å²) in [6, 6.07) is 0. The SMILES string of the molecule is COCCCNCc1cnco1. The van der Waals surface area contributed by atoms with Gasteiger partial charge in [-0.15, -0.1) is 0 Å². The van der Waals surface area contributed by atoms with Gasteiger partial charge in [0.15, 0.2) is 6.39 Å². The van der Waals surface area contributed by atoms with E-state index in [-0.39, 0.29) is 0 Å². The molecule has 12 heavy (non-hydrogen) atoms. The molecule has 0 aliphatic carbocycles. The fourth-order valence-electron chi connectivity index (χ4n) is 0.883. The third-order valence-electron chi connectivity index (χ3n) is 1.48. The number of aromatic nitrogens is 1. The van der Waals surface area contributed by atoms with E-state index in [9.17, 15) is 0 Å². The van der Waals surface area contributed by atoms with Gasteiger partial charge in [-0.25, -0.2) is 4.98 Å². The summed E-state index contributed by atoms with van der Waals surface area (Å²) in [4.78, 5) is 3.81. The number of nitrogens with zero attached hydrogens (tertiary/aromatic N) is 1. The number of nitrogens with one attached hydrogen (secondary N) is 1. The van der Waals surface area contributed by atoms with E-state index in [0.717, 1.165) is 31.9 Å². The zero-order chi connectivity index (χ0) is 8.65. The van der Waals surface area contributed by atoms with Crippen LogP contribution in [-0.4, -0.2) is 25.2 Å². The summed E-state index contributed by atoms with van der Waals surface area (Å²) >= 11 is 0. The monoisotopic (exact) mass is 170 g/mol. The van der Waals surface area contributed by atoms with Crippen molar-refractivity contribution < 1.29 is 9.15 Å². The summed E-state index contributed by atoms with van der Waals surface area (Å²) in [5.74, 6) is 0.868. The van der Waals surface area contributed by atoms with Crippen LogP contribution in [-0.2, 0) is 11.3 Å². The van der Waals surface area contributed by atoms with Crippen LogP contribution in [0.4, 0.5) is 0 Å². The van der Waals surface area contributed by atoms with E-state index in [1.54, 1.807) is 13.3 Å². The van der Waals surface area contributed by atoms with Crippen LogP contribution in [0, 0.1) is 0 Å². The summed E-state index contributed by atoms with van der Waals surface area (Å²) in [7, 11) is 1.70. The Bertz CT molecular complexity index is 187. The van der Waals surface area contributed by atoms with Gasteiger partial charge in [-0.1, -0.05) is 0 Å². The number of methoxy groups -OCH3 is 1. The first-order chi connectivity index (χ1) is 5.93. The number of rotatable bonds is 6. The van der Waals surface area contributed by atoms with Gasteiger partial charge in [0.25, 0.3) is 0 Å². The first kappa shape index (κ1) is 9.22. The Balaban J connectivity index is 1.96. The van der Waals surface area contributed by atoms with E-state index in [2.05, 4.69) is 10.3 Å². The molecule has 4 nitrogen and oxygen atoms in total. The highest BCUT2D eigenvalue weighted by Gasteiger charge is 1.93. The fraction of sp³-hybridized carbons (Fsp3) is 0.625. The molecule has 0 aliphatic heterocycles. The molecular formula is C8H14N2O2. The van der Waals surface area contributed by atoms with Gasteiger partial charge in [-0.2, -0.15) is 0 Å². The van der Waals surface area contributed by atoms with Gasteiger partial charge >= 0.3 is 0 Å². The molecule has 68 valence electrons. The van der Waals surface area contributed by atoms with Crippen molar-refractivity contribution in [2.45, 2.75) is 13.0 Å². The average molecular weight is 170 g/mol. The molecule has 0 saturated heterocycles. The van der Waals surface area contributed by atoms with Crippen molar-refractivity contribution in [1.82, 2.24) is 10.3 Å². The molecule has 0 unspecified atom stereocenters. The van der Waals surface area contributed by atoms with Gasteiger partial charge < -0.3 is 14.5 Å². The molecule has 1 heterocycles. The quantitative estimate of drug-likeness (QED) is 0.641. The van der Waals surface area contributed by atoms with Crippen molar-refractivity contribution in [1.29, 1.82) is 0 Å². The smallest absolute Gasteiger partial charge is 0.180 e. The molecule has 0 aliphatic rings. The maximum atomic E-state index is 5.04. The molecule has 1 N–H and O–H groups in total. The standard InChI is InChI=1S/C8H14N2O2/c1-11-4-2-3-9-5-8-6-10-7-12-8/h6-7,9H,2-5H2,1H3. The summed E-state index contributed by atoms with van der Waals surface area (Å²) in [6.07, 6.45) is 4.17. The summed E-state index contributed by atoms with van der Waals surface area (Å²) in [5, 5.41) is 3.21. The second-order valence-electron chi connectivity index (χ2n) is 2.49. The molecule has 0 saturated carbocycles. The van der Waals surface area contributed by atoms with Crippen LogP contribution >= 0.6 is 0 Å². The largest absolute Gasteiger partial charge is 0.447 e. The molecule has 1 aromatic heterocycles. The highest BCUT2D eigenvalue weighted by atomic mass is 16.5. The Morgan fingerprint density at radius 1 is 1.67 bits per heavy atom. The maximum Gasteiger partial charge on any atom is 0.180 e. The van der Waals surface area contributed by atoms with Gasteiger partial charge in [0.1, 0.15) is 5.76 Å². The zero-order valence-electron chi connectivity index (χ0n) is 7.25. The van der Waals surface area contributed by atoms with Crippen molar-refractivity contribution >= 4 is 0 Å². The van der Waals surface area contributed by atoms with Crippen molar-refractivity contribution in [3.63, 3.8) is 0 Å². The van der Waals surface area contributed by atoms with Gasteiger partial charge in [-0.3, -0.25) is 0 Å². The van der Waals surface area contributed by atoms with E-state index in [4.69, 9.17) is 9.15 Å². The third-order valence-corrected chi connectivity index (χ3v) is 1.48. The van der Waals surface area contributed by atoms with Crippen molar-refractivity contribution in [3.05, 3.63) is 18.4 Å². The lowest BCUT2D eigenvalue weighted by molar-refractivity contribution is 0.194. The van der Waals surface area contributed by atoms with E-state index < -0.39 is 0 Å². The molecular weight excluding hydrogens is 156 g/mol. The van der Waals surface area contributed by atoms with Crippen molar-refractivity contribution in [3.8, 4) is 0 Å². The number of oxazole rings is 1. The molecule has 0 radical (unpaired) electrons. The minimum atomic E-state index is 0.740. The minimum absolute atomic E-state index is 0.740. The highest BCUT2D eigenvalue weighted by Crippen LogP contribution is 1.94. The third kappa shape index (κ3) is 3.50. The first-order valence-corrected chi connectivity index (χ1v) is 4.00. The number of hydrogen-bond acceptors (Lipinski definition) is 4. The van der Waals surface area contributed by atoms with E-state index in [0.29, 0.717) is 0 Å². The van der Waals surface area contributed by atoms with Crippen LogP contribution in [0.5, 0.6) is 0 Å². The second-order valence-corrected chi connectivity index (χ2v) is 2.49. The van der Waals surface area contributed by atoms with E-state index in [1.807, 2.05) is 0 Å². The Kier molecular flexibility index (Phi) is 4.41. The predicted octanol–water partition coefficient (Wildman–Crippen LogP) is 0.801. The Hall–Kier alpha value is -0.870. The molecule has 4 heteroatoms. The molecule has 0 fully saturated rings. The van der Waals surface area contributed by atoms with Crippen molar-refractivity contribution in [2.24, 2.45) is 0 Å². The Labute approximate surface area is 71.9 Å². The van der Waals surface area contributed by atoms with E-state index >= 15 is 0 Å². The zero-order valence-corrected chi connectivity index (χ0v) is 7.25. The summed E-state index contributed by atoms with van der Waals surface area (Å²) < 4.78 is 9.94. The maximum absolute atomic E-state index is 5.04. The predicted molar refractivity (Wildman–Crippen MR) is 44.7 cm³/mol. The molecule has 0 amide bonds. The summed E-state index contributed by atoms with van der Waals surface area (Å²) in [6.45, 7) is 2.47. The van der Waals surface area contributed by atoms with Gasteiger partial charge in [-0.05, 0) is 13.0 Å². The minimum Gasteiger partial charge on any atom is -0.447 e. The normalized spacial score (nSPS) is 10.4. The van der Waals surface area contributed by atoms with Gasteiger partial charge in [0, 0.05) is 13.7 Å². The van der Waals surface area contributed by atoms with Gasteiger partial charge in [0.2, 0.25) is 0 Å². The lowest BCUT2D eigenvalue weighted by atomic mass is 10.4. The van der Waals surface area contributed by atoms with Crippen LogP contribution in [0.15, 0.2) is 17.0 Å². The second kappa shape index (κ2) is 5.74. The number of hydrogen-bond donors (Lipinski definition) is 1. The molecule has 0 aromatic carbocycles. The van der Waals surface area contributed by atoms with Crippen LogP contribution in [0.3, 0.4) is 0 Å². The topological polar surface area (TPSA) is 47.3 Å². The lowest BCUT2D eigenvalue weighted by Gasteiger charge is -2.00. The highest BCUT2D eigenvalue weighted by molar-refractivity contribution is 4.86. The summed E-state index contributed by atoms with van der Waals surface area (Å²) in [5.41, 5.74) is 0. The molecule has 0 bridgehead atoms. The average Bonchev–Trinajstić information content (AvgIpc) is 2.57. The van der Waals surface area contributed by atoms with Crippen LogP contribution in [0.25, 0.3) is 0 Å². The van der Waals surface area contributed by atoms with Crippen LogP contribution in [0.1, 0.15) is 12.2 Å².